The van der Waals surface area contributed by atoms with E-state index in [1.54, 1.807) is 0 Å². The molecule has 92 valence electrons. The number of anilines is 2. The summed E-state index contributed by atoms with van der Waals surface area (Å²) in [5.41, 5.74) is 8.66. The van der Waals surface area contributed by atoms with Gasteiger partial charge in [-0.2, -0.15) is 0 Å². The molecule has 17 heavy (non-hydrogen) atoms. The van der Waals surface area contributed by atoms with Crippen molar-refractivity contribution in [1.29, 1.82) is 0 Å². The van der Waals surface area contributed by atoms with Gasteiger partial charge in [0.2, 0.25) is 5.91 Å². The van der Waals surface area contributed by atoms with Gasteiger partial charge in [-0.05, 0) is 42.6 Å². The first-order valence-electron chi connectivity index (χ1n) is 6.05. The van der Waals surface area contributed by atoms with Gasteiger partial charge in [-0.15, -0.1) is 0 Å². The molecular weight excluding hydrogens is 214 g/mol. The zero-order valence-electron chi connectivity index (χ0n) is 10.1. The van der Waals surface area contributed by atoms with Crippen molar-refractivity contribution in [2.45, 2.75) is 19.8 Å². The first-order chi connectivity index (χ1) is 8.19. The second-order valence-corrected chi connectivity index (χ2v) is 4.65. The Balaban J connectivity index is 1.90. The van der Waals surface area contributed by atoms with Gasteiger partial charge in [-0.3, -0.25) is 4.79 Å². The van der Waals surface area contributed by atoms with Gasteiger partial charge in [-0.1, -0.05) is 6.92 Å². The van der Waals surface area contributed by atoms with Gasteiger partial charge in [-0.25, -0.2) is 0 Å². The molecule has 0 aromatic heterocycles. The summed E-state index contributed by atoms with van der Waals surface area (Å²) in [6.45, 7) is 3.79. The molecule has 1 unspecified atom stereocenters. The summed E-state index contributed by atoms with van der Waals surface area (Å²) in [6, 6.07) is 5.99. The molecule has 0 saturated carbocycles. The number of amides is 1. The number of carbonyl (C=O) groups is 1. The Bertz CT molecular complexity index is 417. The fourth-order valence-corrected chi connectivity index (χ4v) is 1.92. The third kappa shape index (κ3) is 2.97. The molecule has 4 heteroatoms. The summed E-state index contributed by atoms with van der Waals surface area (Å²) in [6.07, 6.45) is 1.55. The minimum Gasteiger partial charge on any atom is -0.385 e. The molecule has 1 aliphatic rings. The standard InChI is InChI=1S/C13H19N3O/c1-9(8-14)4-5-15-11-2-3-12-10(6-11)7-13(17)16-12/h2-3,6,9,15H,4-5,7-8,14H2,1H3,(H,16,17). The molecule has 1 aromatic rings. The lowest BCUT2D eigenvalue weighted by Gasteiger charge is -2.11. The maximum absolute atomic E-state index is 11.2. The normalized spacial score (nSPS) is 15.3. The zero-order chi connectivity index (χ0) is 12.3. The van der Waals surface area contributed by atoms with Crippen LogP contribution in [0.2, 0.25) is 0 Å². The second-order valence-electron chi connectivity index (χ2n) is 4.65. The molecule has 1 atom stereocenters. The van der Waals surface area contributed by atoms with Gasteiger partial charge >= 0.3 is 0 Å². The second kappa shape index (κ2) is 5.19. The van der Waals surface area contributed by atoms with E-state index in [0.717, 1.165) is 36.4 Å². The lowest BCUT2D eigenvalue weighted by molar-refractivity contribution is -0.115. The molecule has 0 bridgehead atoms. The van der Waals surface area contributed by atoms with Gasteiger partial charge in [0.15, 0.2) is 0 Å². The van der Waals surface area contributed by atoms with E-state index in [2.05, 4.69) is 17.6 Å². The number of fused-ring (bicyclic) bond motifs is 1. The zero-order valence-corrected chi connectivity index (χ0v) is 10.1. The molecule has 0 aliphatic carbocycles. The molecule has 1 amide bonds. The van der Waals surface area contributed by atoms with Crippen LogP contribution in [0.5, 0.6) is 0 Å². The van der Waals surface area contributed by atoms with Crippen LogP contribution in [0.25, 0.3) is 0 Å². The number of hydrogen-bond acceptors (Lipinski definition) is 3. The maximum atomic E-state index is 11.2. The van der Waals surface area contributed by atoms with E-state index in [-0.39, 0.29) is 5.91 Å². The van der Waals surface area contributed by atoms with Crippen molar-refractivity contribution >= 4 is 17.3 Å². The number of nitrogens with two attached hydrogens (primary N) is 1. The third-order valence-electron chi connectivity index (χ3n) is 3.10. The predicted octanol–water partition coefficient (Wildman–Crippen LogP) is 1.58. The predicted molar refractivity (Wildman–Crippen MR) is 70.1 cm³/mol. The number of benzene rings is 1. The average molecular weight is 233 g/mol. The first-order valence-corrected chi connectivity index (χ1v) is 6.05. The van der Waals surface area contributed by atoms with Gasteiger partial charge in [0.1, 0.15) is 0 Å². The number of nitrogens with one attached hydrogen (secondary N) is 2. The highest BCUT2D eigenvalue weighted by Crippen LogP contribution is 2.25. The highest BCUT2D eigenvalue weighted by molar-refractivity contribution is 5.99. The van der Waals surface area contributed by atoms with E-state index < -0.39 is 0 Å². The van der Waals surface area contributed by atoms with Crippen LogP contribution in [-0.4, -0.2) is 19.0 Å². The smallest absolute Gasteiger partial charge is 0.228 e. The van der Waals surface area contributed by atoms with Crippen LogP contribution in [0.4, 0.5) is 11.4 Å². The lowest BCUT2D eigenvalue weighted by Crippen LogP contribution is -2.14. The number of carbonyl (C=O) groups excluding carboxylic acids is 1. The number of hydrogen-bond donors (Lipinski definition) is 3. The van der Waals surface area contributed by atoms with Crippen LogP contribution in [0, 0.1) is 5.92 Å². The molecule has 4 N–H and O–H groups in total. The van der Waals surface area contributed by atoms with Crippen LogP contribution >= 0.6 is 0 Å². The maximum Gasteiger partial charge on any atom is 0.228 e. The van der Waals surface area contributed by atoms with Crippen LogP contribution in [0.15, 0.2) is 18.2 Å². The van der Waals surface area contributed by atoms with Crippen LogP contribution in [-0.2, 0) is 11.2 Å². The minimum absolute atomic E-state index is 0.0777. The minimum atomic E-state index is 0.0777. The van der Waals surface area contributed by atoms with E-state index in [1.165, 1.54) is 0 Å². The molecule has 1 aromatic carbocycles. The van der Waals surface area contributed by atoms with Gasteiger partial charge in [0, 0.05) is 17.9 Å². The molecule has 2 rings (SSSR count). The quantitative estimate of drug-likeness (QED) is 0.723. The van der Waals surface area contributed by atoms with Crippen molar-refractivity contribution < 1.29 is 4.79 Å². The monoisotopic (exact) mass is 233 g/mol. The van der Waals surface area contributed by atoms with Crippen molar-refractivity contribution in [2.24, 2.45) is 11.7 Å². The van der Waals surface area contributed by atoms with Gasteiger partial charge < -0.3 is 16.4 Å². The SMILES string of the molecule is CC(CN)CCNc1ccc2c(c1)CC(=O)N2. The lowest BCUT2D eigenvalue weighted by atomic mass is 10.1. The Kier molecular flexibility index (Phi) is 3.64. The Hall–Kier alpha value is -1.55. The topological polar surface area (TPSA) is 67.1 Å². The Morgan fingerprint density at radius 2 is 2.35 bits per heavy atom. The molecule has 4 nitrogen and oxygen atoms in total. The van der Waals surface area contributed by atoms with Gasteiger partial charge in [0.25, 0.3) is 0 Å². The van der Waals surface area contributed by atoms with Crippen molar-refractivity contribution in [3.63, 3.8) is 0 Å². The highest BCUT2D eigenvalue weighted by Gasteiger charge is 2.17. The van der Waals surface area contributed by atoms with Gasteiger partial charge in [0.05, 0.1) is 6.42 Å². The molecular formula is C13H19N3O. The van der Waals surface area contributed by atoms with E-state index >= 15 is 0 Å². The fourth-order valence-electron chi connectivity index (χ4n) is 1.92. The van der Waals surface area contributed by atoms with Crippen molar-refractivity contribution in [2.75, 3.05) is 23.7 Å². The van der Waals surface area contributed by atoms with E-state index in [0.29, 0.717) is 12.3 Å². The van der Waals surface area contributed by atoms with Crippen LogP contribution in [0.3, 0.4) is 0 Å². The summed E-state index contributed by atoms with van der Waals surface area (Å²) in [7, 11) is 0. The summed E-state index contributed by atoms with van der Waals surface area (Å²) in [5.74, 6) is 0.620. The summed E-state index contributed by atoms with van der Waals surface area (Å²) in [4.78, 5) is 11.2. The Morgan fingerprint density at radius 1 is 1.53 bits per heavy atom. The summed E-state index contributed by atoms with van der Waals surface area (Å²) < 4.78 is 0. The molecule has 0 saturated heterocycles. The molecule has 1 aliphatic heterocycles. The van der Waals surface area contributed by atoms with Crippen LogP contribution in [0.1, 0.15) is 18.9 Å². The third-order valence-corrected chi connectivity index (χ3v) is 3.10. The van der Waals surface area contributed by atoms with Crippen molar-refractivity contribution in [3.8, 4) is 0 Å². The molecule has 1 heterocycles. The van der Waals surface area contributed by atoms with Crippen molar-refractivity contribution in [1.82, 2.24) is 0 Å². The largest absolute Gasteiger partial charge is 0.385 e. The highest BCUT2D eigenvalue weighted by atomic mass is 16.1. The fraction of sp³-hybridized carbons (Fsp3) is 0.462. The average Bonchev–Trinajstić information content (AvgIpc) is 2.68. The summed E-state index contributed by atoms with van der Waals surface area (Å²) >= 11 is 0. The van der Waals surface area contributed by atoms with E-state index in [9.17, 15) is 4.79 Å². The van der Waals surface area contributed by atoms with Crippen LogP contribution < -0.4 is 16.4 Å². The molecule has 0 radical (unpaired) electrons. The Labute approximate surface area is 102 Å². The Morgan fingerprint density at radius 3 is 3.12 bits per heavy atom. The molecule has 0 fully saturated rings. The van der Waals surface area contributed by atoms with E-state index in [1.807, 2.05) is 18.2 Å². The van der Waals surface area contributed by atoms with E-state index in [4.69, 9.17) is 5.73 Å². The first kappa shape index (κ1) is 11.9. The van der Waals surface area contributed by atoms with Crippen molar-refractivity contribution in [3.05, 3.63) is 23.8 Å². The summed E-state index contributed by atoms with van der Waals surface area (Å²) in [5, 5.41) is 6.18. The molecule has 0 spiro atoms. The number of rotatable bonds is 5.